The Hall–Kier alpha value is -1.75. The van der Waals surface area contributed by atoms with Crippen molar-refractivity contribution in [2.45, 2.75) is 19.5 Å². The smallest absolute Gasteiger partial charge is 0.318 e. The van der Waals surface area contributed by atoms with E-state index in [9.17, 15) is 4.79 Å². The molecule has 2 aromatic heterocycles. The lowest BCUT2D eigenvalue weighted by molar-refractivity contribution is 0.194. The summed E-state index contributed by atoms with van der Waals surface area (Å²) < 4.78 is 5.17. The molecule has 96 valence electrons. The summed E-state index contributed by atoms with van der Waals surface area (Å²) in [4.78, 5) is 14.8. The van der Waals surface area contributed by atoms with E-state index >= 15 is 0 Å². The van der Waals surface area contributed by atoms with Gasteiger partial charge in [0.2, 0.25) is 0 Å². The van der Waals surface area contributed by atoms with Crippen molar-refractivity contribution >= 4 is 17.4 Å². The highest BCUT2D eigenvalue weighted by Crippen LogP contribution is 2.23. The highest BCUT2D eigenvalue weighted by Gasteiger charge is 2.17. The van der Waals surface area contributed by atoms with Crippen molar-refractivity contribution in [2.75, 3.05) is 7.05 Å². The first-order valence-electron chi connectivity index (χ1n) is 5.75. The molecule has 0 aliphatic heterocycles. The zero-order valence-corrected chi connectivity index (χ0v) is 11.2. The summed E-state index contributed by atoms with van der Waals surface area (Å²) in [5, 5.41) is 4.84. The van der Waals surface area contributed by atoms with E-state index in [1.165, 1.54) is 4.88 Å². The topological polar surface area (TPSA) is 45.5 Å². The van der Waals surface area contributed by atoms with Gasteiger partial charge in [0.05, 0.1) is 18.8 Å². The number of furan rings is 1. The molecule has 18 heavy (non-hydrogen) atoms. The van der Waals surface area contributed by atoms with Gasteiger partial charge >= 0.3 is 6.03 Å². The molecule has 2 aromatic rings. The van der Waals surface area contributed by atoms with Gasteiger partial charge in [0.25, 0.3) is 0 Å². The maximum atomic E-state index is 12.0. The summed E-state index contributed by atoms with van der Waals surface area (Å²) in [5.41, 5.74) is 0. The second-order valence-corrected chi connectivity index (χ2v) is 5.02. The van der Waals surface area contributed by atoms with Crippen LogP contribution >= 0.6 is 11.3 Å². The maximum Gasteiger partial charge on any atom is 0.318 e. The van der Waals surface area contributed by atoms with E-state index in [1.807, 2.05) is 30.5 Å². The van der Waals surface area contributed by atoms with Crippen LogP contribution < -0.4 is 5.32 Å². The Morgan fingerprint density at radius 2 is 2.33 bits per heavy atom. The highest BCUT2D eigenvalue weighted by molar-refractivity contribution is 7.10. The minimum absolute atomic E-state index is 0.0709. The van der Waals surface area contributed by atoms with Crippen LogP contribution in [-0.2, 0) is 6.54 Å². The zero-order valence-electron chi connectivity index (χ0n) is 10.4. The first kappa shape index (κ1) is 12.7. The van der Waals surface area contributed by atoms with E-state index in [1.54, 1.807) is 35.6 Å². The fraction of sp³-hybridized carbons (Fsp3) is 0.308. The Labute approximate surface area is 110 Å². The Kier molecular flexibility index (Phi) is 4.04. The number of amides is 2. The van der Waals surface area contributed by atoms with Gasteiger partial charge in [-0.15, -0.1) is 11.3 Å². The Balaban J connectivity index is 1.88. The molecule has 0 radical (unpaired) electrons. The fourth-order valence-electron chi connectivity index (χ4n) is 1.60. The van der Waals surface area contributed by atoms with Crippen molar-refractivity contribution in [1.82, 2.24) is 10.2 Å². The molecule has 0 bridgehead atoms. The van der Waals surface area contributed by atoms with E-state index in [2.05, 4.69) is 5.32 Å². The highest BCUT2D eigenvalue weighted by atomic mass is 32.1. The van der Waals surface area contributed by atoms with E-state index in [-0.39, 0.29) is 12.1 Å². The van der Waals surface area contributed by atoms with Crippen molar-refractivity contribution < 1.29 is 9.21 Å². The fourth-order valence-corrected chi connectivity index (χ4v) is 2.42. The Morgan fingerprint density at radius 1 is 1.50 bits per heavy atom. The van der Waals surface area contributed by atoms with Crippen LogP contribution in [0.2, 0.25) is 0 Å². The number of carbonyl (C=O) groups excluding carboxylic acids is 1. The van der Waals surface area contributed by atoms with E-state index in [4.69, 9.17) is 4.42 Å². The van der Waals surface area contributed by atoms with Crippen molar-refractivity contribution in [2.24, 2.45) is 0 Å². The number of hydrogen-bond donors (Lipinski definition) is 1. The molecule has 0 aliphatic rings. The molecule has 0 saturated carbocycles. The second-order valence-electron chi connectivity index (χ2n) is 4.04. The summed E-state index contributed by atoms with van der Waals surface area (Å²) in [6.07, 6.45) is 1.60. The van der Waals surface area contributed by atoms with Gasteiger partial charge in [-0.1, -0.05) is 6.07 Å². The first-order valence-corrected chi connectivity index (χ1v) is 6.63. The van der Waals surface area contributed by atoms with Gasteiger partial charge in [0.1, 0.15) is 5.76 Å². The lowest BCUT2D eigenvalue weighted by atomic mass is 10.2. The van der Waals surface area contributed by atoms with E-state index in [0.717, 1.165) is 5.76 Å². The minimum Gasteiger partial charge on any atom is -0.467 e. The predicted molar refractivity (Wildman–Crippen MR) is 71.4 cm³/mol. The largest absolute Gasteiger partial charge is 0.467 e. The van der Waals surface area contributed by atoms with Crippen molar-refractivity contribution in [3.63, 3.8) is 0 Å². The molecule has 1 atom stereocenters. The second kappa shape index (κ2) is 5.73. The summed E-state index contributed by atoms with van der Waals surface area (Å²) in [6.45, 7) is 2.42. The van der Waals surface area contributed by atoms with Gasteiger partial charge in [-0.3, -0.25) is 0 Å². The van der Waals surface area contributed by atoms with Gasteiger partial charge in [-0.05, 0) is 30.5 Å². The molecule has 0 aromatic carbocycles. The Bertz CT molecular complexity index is 479. The van der Waals surface area contributed by atoms with Gasteiger partial charge in [0.15, 0.2) is 0 Å². The van der Waals surface area contributed by atoms with Gasteiger partial charge in [0, 0.05) is 11.9 Å². The first-order chi connectivity index (χ1) is 8.68. The molecule has 1 N–H and O–H groups in total. The average Bonchev–Trinajstić information content (AvgIpc) is 3.06. The normalized spacial score (nSPS) is 12.1. The summed E-state index contributed by atoms with van der Waals surface area (Å²) in [6, 6.07) is 7.63. The lowest BCUT2D eigenvalue weighted by Gasteiger charge is -2.24. The molecule has 2 amide bonds. The van der Waals surface area contributed by atoms with Crippen molar-refractivity contribution in [3.8, 4) is 0 Å². The van der Waals surface area contributed by atoms with Crippen LogP contribution in [0.4, 0.5) is 4.79 Å². The monoisotopic (exact) mass is 264 g/mol. The van der Waals surface area contributed by atoms with Gasteiger partial charge in [-0.25, -0.2) is 4.79 Å². The van der Waals surface area contributed by atoms with E-state index < -0.39 is 0 Å². The van der Waals surface area contributed by atoms with Crippen LogP contribution in [-0.4, -0.2) is 18.0 Å². The number of hydrogen-bond acceptors (Lipinski definition) is 3. The lowest BCUT2D eigenvalue weighted by Crippen LogP contribution is -2.38. The van der Waals surface area contributed by atoms with Crippen LogP contribution in [0.1, 0.15) is 23.6 Å². The third-order valence-electron chi connectivity index (χ3n) is 2.85. The molecular weight excluding hydrogens is 248 g/mol. The van der Waals surface area contributed by atoms with Crippen LogP contribution in [0.25, 0.3) is 0 Å². The summed E-state index contributed by atoms with van der Waals surface area (Å²) in [7, 11) is 1.79. The quantitative estimate of drug-likeness (QED) is 0.921. The van der Waals surface area contributed by atoms with Crippen LogP contribution in [0.15, 0.2) is 40.3 Å². The molecule has 2 heterocycles. The number of rotatable bonds is 4. The maximum absolute atomic E-state index is 12.0. The van der Waals surface area contributed by atoms with Crippen LogP contribution in [0, 0.1) is 0 Å². The molecule has 2 rings (SSSR count). The Morgan fingerprint density at radius 3 is 2.94 bits per heavy atom. The molecule has 0 spiro atoms. The number of nitrogens with zero attached hydrogens (tertiary/aromatic N) is 1. The van der Waals surface area contributed by atoms with Crippen molar-refractivity contribution in [1.29, 1.82) is 0 Å². The standard InChI is InChI=1S/C13H16N2O2S/c1-10(12-6-4-8-18-12)15(2)13(16)14-9-11-5-3-7-17-11/h3-8,10H,9H2,1-2H3,(H,14,16). The van der Waals surface area contributed by atoms with E-state index in [0.29, 0.717) is 6.54 Å². The molecule has 0 saturated heterocycles. The van der Waals surface area contributed by atoms with Gasteiger partial charge < -0.3 is 14.6 Å². The molecule has 4 nitrogen and oxygen atoms in total. The number of thiophene rings is 1. The number of nitrogens with one attached hydrogen (secondary N) is 1. The van der Waals surface area contributed by atoms with Gasteiger partial charge in [-0.2, -0.15) is 0 Å². The molecule has 1 unspecified atom stereocenters. The molecule has 0 fully saturated rings. The molecule has 0 aliphatic carbocycles. The summed E-state index contributed by atoms with van der Waals surface area (Å²) >= 11 is 1.65. The number of carbonyl (C=O) groups is 1. The summed E-state index contributed by atoms with van der Waals surface area (Å²) in [5.74, 6) is 0.750. The third kappa shape index (κ3) is 2.92. The predicted octanol–water partition coefficient (Wildman–Crippen LogP) is 3.24. The van der Waals surface area contributed by atoms with Crippen LogP contribution in [0.5, 0.6) is 0 Å². The van der Waals surface area contributed by atoms with Crippen LogP contribution in [0.3, 0.4) is 0 Å². The minimum atomic E-state index is -0.104. The molecular formula is C13H16N2O2S. The average molecular weight is 264 g/mol. The van der Waals surface area contributed by atoms with Crippen molar-refractivity contribution in [3.05, 3.63) is 46.5 Å². The third-order valence-corrected chi connectivity index (χ3v) is 3.89. The SMILES string of the molecule is CC(c1cccs1)N(C)C(=O)NCc1ccco1. The number of urea groups is 1. The zero-order chi connectivity index (χ0) is 13.0. The molecule has 5 heteroatoms.